The highest BCUT2D eigenvalue weighted by atomic mass is 16.7. The van der Waals surface area contributed by atoms with Crippen molar-refractivity contribution in [1.82, 2.24) is 15.0 Å². The van der Waals surface area contributed by atoms with Gasteiger partial charge in [-0.1, -0.05) is 12.1 Å². The van der Waals surface area contributed by atoms with Gasteiger partial charge in [0.1, 0.15) is 12.6 Å². The van der Waals surface area contributed by atoms with Gasteiger partial charge in [-0.15, -0.1) is 0 Å². The van der Waals surface area contributed by atoms with E-state index in [4.69, 9.17) is 19.2 Å². The van der Waals surface area contributed by atoms with Crippen LogP contribution in [0.2, 0.25) is 0 Å². The molecule has 0 spiro atoms. The standard InChI is InChI=1S/C21H18N4O4/c1-27-11-21(26)25-18(17-10-22-14-4-2-3-5-15(14)23-17)9-16(24-25)13-6-7-19-20(8-13)29-12-28-19/h2-8,10,18H,9,11-12H2,1H3. The van der Waals surface area contributed by atoms with E-state index in [1.54, 1.807) is 6.20 Å². The van der Waals surface area contributed by atoms with E-state index in [1.165, 1.54) is 12.1 Å². The van der Waals surface area contributed by atoms with Gasteiger partial charge in [0, 0.05) is 19.1 Å². The molecule has 8 heteroatoms. The van der Waals surface area contributed by atoms with Crippen LogP contribution >= 0.6 is 0 Å². The van der Waals surface area contributed by atoms with Crippen molar-refractivity contribution in [3.63, 3.8) is 0 Å². The predicted molar refractivity (Wildman–Crippen MR) is 105 cm³/mol. The number of methoxy groups -OCH3 is 1. The molecule has 0 fully saturated rings. The van der Waals surface area contributed by atoms with Crippen molar-refractivity contribution in [2.45, 2.75) is 12.5 Å². The van der Waals surface area contributed by atoms with Gasteiger partial charge < -0.3 is 14.2 Å². The van der Waals surface area contributed by atoms with E-state index in [9.17, 15) is 4.79 Å². The predicted octanol–water partition coefficient (Wildman–Crippen LogP) is 2.68. The van der Waals surface area contributed by atoms with Crippen LogP contribution < -0.4 is 9.47 Å². The smallest absolute Gasteiger partial charge is 0.269 e. The topological polar surface area (TPSA) is 86.1 Å². The summed E-state index contributed by atoms with van der Waals surface area (Å²) in [6.07, 6.45) is 2.22. The molecular formula is C21H18N4O4. The minimum Gasteiger partial charge on any atom is -0.454 e. The Morgan fingerprint density at radius 2 is 2.00 bits per heavy atom. The number of para-hydroxylation sites is 2. The second-order valence-electron chi connectivity index (χ2n) is 6.79. The molecular weight excluding hydrogens is 372 g/mol. The zero-order valence-corrected chi connectivity index (χ0v) is 15.7. The van der Waals surface area contributed by atoms with Crippen LogP contribution in [-0.4, -0.2) is 47.1 Å². The summed E-state index contributed by atoms with van der Waals surface area (Å²) in [5, 5.41) is 6.04. The van der Waals surface area contributed by atoms with E-state index in [-0.39, 0.29) is 25.3 Å². The number of carbonyl (C=O) groups is 1. The number of fused-ring (bicyclic) bond motifs is 2. The van der Waals surface area contributed by atoms with Crippen molar-refractivity contribution in [1.29, 1.82) is 0 Å². The molecule has 2 aliphatic rings. The summed E-state index contributed by atoms with van der Waals surface area (Å²) in [4.78, 5) is 21.9. The molecule has 0 N–H and O–H groups in total. The number of carbonyl (C=O) groups excluding carboxylic acids is 1. The third kappa shape index (κ3) is 3.17. The molecule has 2 aromatic carbocycles. The number of rotatable bonds is 4. The summed E-state index contributed by atoms with van der Waals surface area (Å²) in [7, 11) is 1.49. The van der Waals surface area contributed by atoms with Crippen molar-refractivity contribution >= 4 is 22.7 Å². The fourth-order valence-corrected chi connectivity index (χ4v) is 3.54. The normalized spacial score (nSPS) is 17.6. The summed E-state index contributed by atoms with van der Waals surface area (Å²) < 4.78 is 15.9. The third-order valence-corrected chi connectivity index (χ3v) is 4.95. The molecule has 0 bridgehead atoms. The van der Waals surface area contributed by atoms with Crippen LogP contribution in [0.15, 0.2) is 53.8 Å². The first-order valence-electron chi connectivity index (χ1n) is 9.23. The number of hydrogen-bond acceptors (Lipinski definition) is 7. The molecule has 0 radical (unpaired) electrons. The molecule has 3 aromatic rings. The zero-order chi connectivity index (χ0) is 19.8. The van der Waals surface area contributed by atoms with E-state index in [0.717, 1.165) is 22.3 Å². The fraction of sp³-hybridized carbons (Fsp3) is 0.238. The Balaban J connectivity index is 1.51. The number of aromatic nitrogens is 2. The molecule has 3 heterocycles. The second-order valence-corrected chi connectivity index (χ2v) is 6.79. The van der Waals surface area contributed by atoms with Crippen molar-refractivity contribution in [2.24, 2.45) is 5.10 Å². The molecule has 1 unspecified atom stereocenters. The van der Waals surface area contributed by atoms with Crippen molar-refractivity contribution in [2.75, 3.05) is 20.5 Å². The third-order valence-electron chi connectivity index (χ3n) is 4.95. The first kappa shape index (κ1) is 17.6. The van der Waals surface area contributed by atoms with Gasteiger partial charge in [0.2, 0.25) is 6.79 Å². The van der Waals surface area contributed by atoms with Crippen LogP contribution in [0.5, 0.6) is 11.5 Å². The molecule has 1 amide bonds. The Hall–Kier alpha value is -3.52. The monoisotopic (exact) mass is 390 g/mol. The molecule has 0 saturated carbocycles. The van der Waals surface area contributed by atoms with E-state index >= 15 is 0 Å². The van der Waals surface area contributed by atoms with Gasteiger partial charge in [0.25, 0.3) is 5.91 Å². The Morgan fingerprint density at radius 1 is 1.17 bits per heavy atom. The minimum atomic E-state index is -0.352. The van der Waals surface area contributed by atoms with E-state index in [0.29, 0.717) is 23.6 Å². The lowest BCUT2D eigenvalue weighted by Gasteiger charge is -2.20. The molecule has 1 aromatic heterocycles. The highest BCUT2D eigenvalue weighted by Gasteiger charge is 2.34. The molecule has 0 aliphatic carbocycles. The summed E-state index contributed by atoms with van der Waals surface area (Å²) in [5.41, 5.74) is 3.92. The average Bonchev–Trinajstić information content (AvgIpc) is 3.40. The van der Waals surface area contributed by atoms with Crippen LogP contribution in [0.1, 0.15) is 23.7 Å². The molecule has 5 rings (SSSR count). The van der Waals surface area contributed by atoms with Gasteiger partial charge in [-0.25, -0.2) is 9.99 Å². The first-order valence-corrected chi connectivity index (χ1v) is 9.23. The van der Waals surface area contributed by atoms with Gasteiger partial charge in [0.15, 0.2) is 11.5 Å². The Labute approximate surface area is 166 Å². The summed E-state index contributed by atoms with van der Waals surface area (Å²) in [6, 6.07) is 12.9. The number of amides is 1. The van der Waals surface area contributed by atoms with Gasteiger partial charge >= 0.3 is 0 Å². The first-order chi connectivity index (χ1) is 14.2. The molecule has 29 heavy (non-hydrogen) atoms. The van der Waals surface area contributed by atoms with Crippen LogP contribution in [0.4, 0.5) is 0 Å². The highest BCUT2D eigenvalue weighted by Crippen LogP contribution is 2.36. The van der Waals surface area contributed by atoms with Crippen LogP contribution in [0.25, 0.3) is 11.0 Å². The molecule has 1 atom stereocenters. The number of ether oxygens (including phenoxy) is 3. The van der Waals surface area contributed by atoms with E-state index < -0.39 is 0 Å². The van der Waals surface area contributed by atoms with Crippen LogP contribution in [-0.2, 0) is 9.53 Å². The quantitative estimate of drug-likeness (QED) is 0.681. The minimum absolute atomic E-state index is 0.0601. The summed E-state index contributed by atoms with van der Waals surface area (Å²) >= 11 is 0. The number of benzene rings is 2. The SMILES string of the molecule is COCC(=O)N1N=C(c2ccc3c(c2)OCO3)CC1c1cnc2ccccc2n1. The molecule has 0 saturated heterocycles. The van der Waals surface area contributed by atoms with E-state index in [2.05, 4.69) is 10.1 Å². The van der Waals surface area contributed by atoms with Crippen LogP contribution in [0.3, 0.4) is 0 Å². The lowest BCUT2D eigenvalue weighted by atomic mass is 10.0. The maximum Gasteiger partial charge on any atom is 0.269 e. The van der Waals surface area contributed by atoms with E-state index in [1.807, 2.05) is 42.5 Å². The lowest BCUT2D eigenvalue weighted by Crippen LogP contribution is -2.30. The Bertz CT molecular complexity index is 1130. The van der Waals surface area contributed by atoms with Gasteiger partial charge in [0.05, 0.1) is 28.6 Å². The summed E-state index contributed by atoms with van der Waals surface area (Å²) in [5.74, 6) is 1.15. The molecule has 8 nitrogen and oxygen atoms in total. The Morgan fingerprint density at radius 3 is 2.86 bits per heavy atom. The average molecular weight is 390 g/mol. The highest BCUT2D eigenvalue weighted by molar-refractivity contribution is 6.03. The van der Waals surface area contributed by atoms with Crippen molar-refractivity contribution < 1.29 is 19.0 Å². The molecule has 146 valence electrons. The van der Waals surface area contributed by atoms with Gasteiger partial charge in [-0.2, -0.15) is 5.10 Å². The van der Waals surface area contributed by atoms with Gasteiger partial charge in [-0.3, -0.25) is 9.78 Å². The number of hydrazone groups is 1. The Kier molecular flexibility index (Phi) is 4.33. The fourth-order valence-electron chi connectivity index (χ4n) is 3.54. The second kappa shape index (κ2) is 7.14. The number of hydrogen-bond donors (Lipinski definition) is 0. The maximum atomic E-state index is 12.7. The van der Waals surface area contributed by atoms with Crippen LogP contribution in [0, 0.1) is 0 Å². The largest absolute Gasteiger partial charge is 0.454 e. The maximum absolute atomic E-state index is 12.7. The summed E-state index contributed by atoms with van der Waals surface area (Å²) in [6.45, 7) is 0.147. The number of nitrogens with zero attached hydrogens (tertiary/aromatic N) is 4. The van der Waals surface area contributed by atoms with Crippen molar-refractivity contribution in [3.05, 3.63) is 59.9 Å². The van der Waals surface area contributed by atoms with Gasteiger partial charge in [-0.05, 0) is 30.3 Å². The lowest BCUT2D eigenvalue weighted by molar-refractivity contribution is -0.137. The van der Waals surface area contributed by atoms with Crippen molar-refractivity contribution in [3.8, 4) is 11.5 Å². The zero-order valence-electron chi connectivity index (χ0n) is 15.7. The molecule has 2 aliphatic heterocycles.